The maximum absolute atomic E-state index is 13.0. The molecular weight excluding hydrogens is 336 g/mol. The summed E-state index contributed by atoms with van der Waals surface area (Å²) in [6.45, 7) is 7.40. The van der Waals surface area contributed by atoms with Crippen LogP contribution >= 0.6 is 0 Å². The molecule has 1 aromatic carbocycles. The Morgan fingerprint density at radius 2 is 2.08 bits per heavy atom. The zero-order chi connectivity index (χ0) is 18.3. The summed E-state index contributed by atoms with van der Waals surface area (Å²) < 4.78 is 26.1. The first-order chi connectivity index (χ1) is 12.0. The Hall–Kier alpha value is -1.66. The van der Waals surface area contributed by atoms with E-state index in [9.17, 15) is 13.2 Å². The largest absolute Gasteiger partial charge is 0.334 e. The van der Waals surface area contributed by atoms with Crippen molar-refractivity contribution in [3.63, 3.8) is 0 Å². The third-order valence-electron chi connectivity index (χ3n) is 4.47. The van der Waals surface area contributed by atoms with Gasteiger partial charge in [0.1, 0.15) is 0 Å². The number of rotatable bonds is 8. The molecule has 1 saturated heterocycles. The van der Waals surface area contributed by atoms with E-state index < -0.39 is 10.0 Å². The highest BCUT2D eigenvalue weighted by atomic mass is 32.2. The van der Waals surface area contributed by atoms with Crippen molar-refractivity contribution >= 4 is 15.9 Å². The van der Waals surface area contributed by atoms with Crippen molar-refractivity contribution in [2.75, 3.05) is 25.4 Å². The molecule has 1 aromatic rings. The maximum atomic E-state index is 13.0. The molecule has 138 valence electrons. The minimum absolute atomic E-state index is 0.0140. The van der Waals surface area contributed by atoms with E-state index in [2.05, 4.69) is 6.58 Å². The third-order valence-corrected chi connectivity index (χ3v) is 6.51. The molecule has 1 fully saturated rings. The van der Waals surface area contributed by atoms with Crippen LogP contribution in [-0.2, 0) is 21.4 Å². The van der Waals surface area contributed by atoms with Crippen LogP contribution in [0.5, 0.6) is 0 Å². The SMILES string of the molecule is C=CCN(Cc1ccccc1)C(=O)C1CCCN(S(=O)(=O)CCC)C1. The van der Waals surface area contributed by atoms with E-state index in [1.54, 1.807) is 11.0 Å². The van der Waals surface area contributed by atoms with Gasteiger partial charge >= 0.3 is 0 Å². The molecule has 0 radical (unpaired) electrons. The third kappa shape index (κ3) is 5.41. The van der Waals surface area contributed by atoms with Crippen molar-refractivity contribution in [3.05, 3.63) is 48.6 Å². The monoisotopic (exact) mass is 364 g/mol. The number of piperidine rings is 1. The lowest BCUT2D eigenvalue weighted by Crippen LogP contribution is -2.47. The summed E-state index contributed by atoms with van der Waals surface area (Å²) in [4.78, 5) is 14.7. The summed E-state index contributed by atoms with van der Waals surface area (Å²) >= 11 is 0. The zero-order valence-electron chi connectivity index (χ0n) is 14.9. The summed E-state index contributed by atoms with van der Waals surface area (Å²) in [5.74, 6) is -0.113. The Morgan fingerprint density at radius 3 is 2.72 bits per heavy atom. The van der Waals surface area contributed by atoms with Crippen LogP contribution in [0.25, 0.3) is 0 Å². The highest BCUT2D eigenvalue weighted by Gasteiger charge is 2.33. The fraction of sp³-hybridized carbons (Fsp3) is 0.526. The fourth-order valence-electron chi connectivity index (χ4n) is 3.23. The van der Waals surface area contributed by atoms with E-state index in [-0.39, 0.29) is 17.6 Å². The first kappa shape index (κ1) is 19.7. The van der Waals surface area contributed by atoms with Gasteiger partial charge in [-0.15, -0.1) is 6.58 Å². The van der Waals surface area contributed by atoms with E-state index >= 15 is 0 Å². The van der Waals surface area contributed by atoms with Crippen molar-refractivity contribution in [3.8, 4) is 0 Å². The molecule has 1 amide bonds. The molecule has 5 nitrogen and oxygen atoms in total. The van der Waals surface area contributed by atoms with E-state index in [0.717, 1.165) is 18.4 Å². The van der Waals surface area contributed by atoms with Crippen LogP contribution in [-0.4, -0.2) is 48.9 Å². The summed E-state index contributed by atoms with van der Waals surface area (Å²) in [5.41, 5.74) is 1.06. The summed E-state index contributed by atoms with van der Waals surface area (Å²) in [5, 5.41) is 0. The van der Waals surface area contributed by atoms with Crippen LogP contribution < -0.4 is 0 Å². The van der Waals surface area contributed by atoms with Crippen molar-refractivity contribution < 1.29 is 13.2 Å². The van der Waals surface area contributed by atoms with Crippen LogP contribution in [0.4, 0.5) is 0 Å². The van der Waals surface area contributed by atoms with Gasteiger partial charge in [-0.25, -0.2) is 12.7 Å². The number of benzene rings is 1. The molecule has 0 bridgehead atoms. The van der Waals surface area contributed by atoms with Gasteiger partial charge in [-0.2, -0.15) is 0 Å². The number of carbonyl (C=O) groups excluding carboxylic acids is 1. The summed E-state index contributed by atoms with van der Waals surface area (Å²) in [6.07, 6.45) is 3.77. The predicted molar refractivity (Wildman–Crippen MR) is 100 cm³/mol. The fourth-order valence-corrected chi connectivity index (χ4v) is 4.82. The van der Waals surface area contributed by atoms with Gasteiger partial charge < -0.3 is 4.90 Å². The smallest absolute Gasteiger partial charge is 0.227 e. The van der Waals surface area contributed by atoms with Crippen LogP contribution in [0.15, 0.2) is 43.0 Å². The number of sulfonamides is 1. The van der Waals surface area contributed by atoms with Gasteiger partial charge in [0.2, 0.25) is 15.9 Å². The molecule has 0 spiro atoms. The average molecular weight is 365 g/mol. The number of amides is 1. The predicted octanol–water partition coefficient (Wildman–Crippen LogP) is 2.65. The maximum Gasteiger partial charge on any atom is 0.227 e. The topological polar surface area (TPSA) is 57.7 Å². The highest BCUT2D eigenvalue weighted by Crippen LogP contribution is 2.22. The Morgan fingerprint density at radius 1 is 1.36 bits per heavy atom. The first-order valence-corrected chi connectivity index (χ1v) is 10.5. The number of hydrogen-bond donors (Lipinski definition) is 0. The van der Waals surface area contributed by atoms with Crippen LogP contribution in [0.2, 0.25) is 0 Å². The summed E-state index contributed by atoms with van der Waals surface area (Å²) in [6, 6.07) is 9.82. The van der Waals surface area contributed by atoms with Crippen LogP contribution in [0.3, 0.4) is 0 Å². The molecule has 0 N–H and O–H groups in total. The molecule has 0 aliphatic carbocycles. The van der Waals surface area contributed by atoms with Gasteiger partial charge in [0.25, 0.3) is 0 Å². The zero-order valence-corrected chi connectivity index (χ0v) is 15.7. The quantitative estimate of drug-likeness (QED) is 0.666. The molecule has 0 saturated carbocycles. The average Bonchev–Trinajstić information content (AvgIpc) is 2.62. The second-order valence-corrected chi connectivity index (χ2v) is 8.59. The van der Waals surface area contributed by atoms with E-state index in [4.69, 9.17) is 0 Å². The van der Waals surface area contributed by atoms with Gasteiger partial charge in [-0.05, 0) is 24.8 Å². The van der Waals surface area contributed by atoms with Crippen LogP contribution in [0.1, 0.15) is 31.7 Å². The van der Waals surface area contributed by atoms with Crippen molar-refractivity contribution in [1.29, 1.82) is 0 Å². The Balaban J connectivity index is 2.08. The second kappa shape index (κ2) is 9.15. The molecule has 1 aliphatic heterocycles. The number of carbonyl (C=O) groups is 1. The van der Waals surface area contributed by atoms with Gasteiger partial charge in [-0.3, -0.25) is 4.79 Å². The standard InChI is InChI=1S/C19H28N2O3S/c1-3-12-20(15-17-9-6-5-7-10-17)19(22)18-11-8-13-21(16-18)25(23,24)14-4-2/h3,5-7,9-10,18H,1,4,8,11-16H2,2H3. The Bertz CT molecular complexity index is 673. The Kier molecular flexibility index (Phi) is 7.20. The number of nitrogens with zero attached hydrogens (tertiary/aromatic N) is 2. The number of hydrogen-bond acceptors (Lipinski definition) is 3. The van der Waals surface area contributed by atoms with Crippen LogP contribution in [0, 0.1) is 5.92 Å². The lowest BCUT2D eigenvalue weighted by molar-refractivity contribution is -0.136. The van der Waals surface area contributed by atoms with E-state index in [0.29, 0.717) is 32.6 Å². The highest BCUT2D eigenvalue weighted by molar-refractivity contribution is 7.89. The Labute approximate surface area is 151 Å². The van der Waals surface area contributed by atoms with Gasteiger partial charge in [0.15, 0.2) is 0 Å². The molecular formula is C19H28N2O3S. The molecule has 1 heterocycles. The molecule has 25 heavy (non-hydrogen) atoms. The molecule has 1 atom stereocenters. The van der Waals surface area contributed by atoms with Crippen molar-refractivity contribution in [2.24, 2.45) is 5.92 Å². The van der Waals surface area contributed by atoms with E-state index in [1.165, 1.54) is 4.31 Å². The lowest BCUT2D eigenvalue weighted by Gasteiger charge is -2.34. The second-order valence-electron chi connectivity index (χ2n) is 6.51. The van der Waals surface area contributed by atoms with Gasteiger partial charge in [-0.1, -0.05) is 43.3 Å². The lowest BCUT2D eigenvalue weighted by atomic mass is 9.97. The van der Waals surface area contributed by atoms with Gasteiger partial charge in [0, 0.05) is 26.2 Å². The van der Waals surface area contributed by atoms with Crippen molar-refractivity contribution in [1.82, 2.24) is 9.21 Å². The summed E-state index contributed by atoms with van der Waals surface area (Å²) in [7, 11) is -3.25. The first-order valence-electron chi connectivity index (χ1n) is 8.89. The normalized spacial score (nSPS) is 18.7. The molecule has 1 unspecified atom stereocenters. The van der Waals surface area contributed by atoms with Crippen molar-refractivity contribution in [2.45, 2.75) is 32.7 Å². The molecule has 6 heteroatoms. The minimum Gasteiger partial charge on any atom is -0.334 e. The van der Waals surface area contributed by atoms with Gasteiger partial charge in [0.05, 0.1) is 11.7 Å². The molecule has 1 aliphatic rings. The van der Waals surface area contributed by atoms with E-state index in [1.807, 2.05) is 37.3 Å². The molecule has 2 rings (SSSR count). The minimum atomic E-state index is -3.25. The molecule has 0 aromatic heterocycles.